The first-order valence-corrected chi connectivity index (χ1v) is 6.39. The van der Waals surface area contributed by atoms with Gasteiger partial charge >= 0.3 is 5.97 Å². The SMILES string of the molecule is COC(=O)CCCNCc1ccc(OCC(N)=O)cc1. The third kappa shape index (κ3) is 6.75. The van der Waals surface area contributed by atoms with Gasteiger partial charge in [0, 0.05) is 13.0 Å². The molecule has 6 heteroatoms. The van der Waals surface area contributed by atoms with E-state index in [9.17, 15) is 9.59 Å². The van der Waals surface area contributed by atoms with Gasteiger partial charge in [0.05, 0.1) is 7.11 Å². The Kier molecular flexibility index (Phi) is 7.13. The number of ether oxygens (including phenoxy) is 2. The lowest BCUT2D eigenvalue weighted by Crippen LogP contribution is -2.20. The van der Waals surface area contributed by atoms with Crippen LogP contribution in [0.1, 0.15) is 18.4 Å². The van der Waals surface area contributed by atoms with Gasteiger partial charge < -0.3 is 20.5 Å². The molecule has 6 nitrogen and oxygen atoms in total. The normalized spacial score (nSPS) is 10.1. The van der Waals surface area contributed by atoms with Crippen molar-refractivity contribution in [3.05, 3.63) is 29.8 Å². The van der Waals surface area contributed by atoms with Crippen molar-refractivity contribution in [2.75, 3.05) is 20.3 Å². The van der Waals surface area contributed by atoms with Crippen LogP contribution < -0.4 is 15.8 Å². The fourth-order valence-electron chi connectivity index (χ4n) is 1.55. The van der Waals surface area contributed by atoms with E-state index in [0.29, 0.717) is 18.7 Å². The lowest BCUT2D eigenvalue weighted by Gasteiger charge is -2.07. The van der Waals surface area contributed by atoms with E-state index >= 15 is 0 Å². The minimum atomic E-state index is -0.499. The Labute approximate surface area is 118 Å². The molecule has 0 unspecified atom stereocenters. The summed E-state index contributed by atoms with van der Waals surface area (Å²) in [6.07, 6.45) is 1.16. The molecule has 0 spiro atoms. The van der Waals surface area contributed by atoms with Crippen molar-refractivity contribution >= 4 is 11.9 Å². The highest BCUT2D eigenvalue weighted by molar-refractivity contribution is 5.75. The van der Waals surface area contributed by atoms with Gasteiger partial charge in [-0.3, -0.25) is 9.59 Å². The Balaban J connectivity index is 2.21. The maximum atomic E-state index is 10.9. The van der Waals surface area contributed by atoms with Gasteiger partial charge in [0.15, 0.2) is 6.61 Å². The van der Waals surface area contributed by atoms with E-state index in [1.165, 1.54) is 7.11 Å². The summed E-state index contributed by atoms with van der Waals surface area (Å²) in [5.74, 6) is -0.0812. The summed E-state index contributed by atoms with van der Waals surface area (Å²) in [6.45, 7) is 1.33. The first-order valence-electron chi connectivity index (χ1n) is 6.39. The Morgan fingerprint density at radius 3 is 2.55 bits per heavy atom. The van der Waals surface area contributed by atoms with E-state index in [0.717, 1.165) is 18.5 Å². The van der Waals surface area contributed by atoms with Crippen molar-refractivity contribution in [3.63, 3.8) is 0 Å². The molecule has 0 bridgehead atoms. The third-order valence-electron chi connectivity index (χ3n) is 2.60. The fourth-order valence-corrected chi connectivity index (χ4v) is 1.55. The number of benzene rings is 1. The zero-order valence-corrected chi connectivity index (χ0v) is 11.6. The molecule has 1 aromatic carbocycles. The number of hydrogen-bond donors (Lipinski definition) is 2. The Morgan fingerprint density at radius 1 is 1.25 bits per heavy atom. The van der Waals surface area contributed by atoms with E-state index < -0.39 is 5.91 Å². The van der Waals surface area contributed by atoms with Crippen LogP contribution in [-0.2, 0) is 20.9 Å². The maximum absolute atomic E-state index is 10.9. The molecule has 0 aliphatic carbocycles. The first-order chi connectivity index (χ1) is 9.61. The number of carbonyl (C=O) groups is 2. The molecule has 0 fully saturated rings. The Morgan fingerprint density at radius 2 is 1.95 bits per heavy atom. The lowest BCUT2D eigenvalue weighted by molar-refractivity contribution is -0.140. The highest BCUT2D eigenvalue weighted by atomic mass is 16.5. The highest BCUT2D eigenvalue weighted by Gasteiger charge is 2.00. The summed E-state index contributed by atoms with van der Waals surface area (Å²) < 4.78 is 9.71. The first kappa shape index (κ1) is 16.0. The van der Waals surface area contributed by atoms with Gasteiger partial charge in [-0.25, -0.2) is 0 Å². The molecule has 0 aromatic heterocycles. The van der Waals surface area contributed by atoms with Gasteiger partial charge in [-0.05, 0) is 30.7 Å². The molecule has 0 heterocycles. The van der Waals surface area contributed by atoms with Crippen molar-refractivity contribution in [1.82, 2.24) is 5.32 Å². The summed E-state index contributed by atoms with van der Waals surface area (Å²) >= 11 is 0. The topological polar surface area (TPSA) is 90.7 Å². The standard InChI is InChI=1S/C14H20N2O4/c1-19-14(18)3-2-8-16-9-11-4-6-12(7-5-11)20-10-13(15)17/h4-7,16H,2-3,8-10H2,1H3,(H2,15,17). The number of nitrogens with two attached hydrogens (primary N) is 1. The Hall–Kier alpha value is -2.08. The number of methoxy groups -OCH3 is 1. The number of rotatable bonds is 9. The van der Waals surface area contributed by atoms with E-state index in [-0.39, 0.29) is 12.6 Å². The van der Waals surface area contributed by atoms with Gasteiger partial charge in [-0.15, -0.1) is 0 Å². The second-order valence-electron chi connectivity index (χ2n) is 4.26. The van der Waals surface area contributed by atoms with Crippen LogP contribution in [0.5, 0.6) is 5.75 Å². The average molecular weight is 280 g/mol. The van der Waals surface area contributed by atoms with Crippen LogP contribution in [0, 0.1) is 0 Å². The van der Waals surface area contributed by atoms with E-state index in [2.05, 4.69) is 10.1 Å². The molecule has 1 rings (SSSR count). The molecule has 0 saturated heterocycles. The van der Waals surface area contributed by atoms with Gasteiger partial charge in [-0.2, -0.15) is 0 Å². The average Bonchev–Trinajstić information content (AvgIpc) is 2.45. The smallest absolute Gasteiger partial charge is 0.305 e. The molecule has 0 saturated carbocycles. The largest absolute Gasteiger partial charge is 0.484 e. The van der Waals surface area contributed by atoms with Crippen molar-refractivity contribution in [2.24, 2.45) is 5.73 Å². The molecule has 110 valence electrons. The van der Waals surface area contributed by atoms with Crippen LogP contribution >= 0.6 is 0 Å². The summed E-state index contributed by atoms with van der Waals surface area (Å²) in [6, 6.07) is 7.38. The van der Waals surface area contributed by atoms with Gasteiger partial charge in [-0.1, -0.05) is 12.1 Å². The molecule has 0 radical (unpaired) electrons. The summed E-state index contributed by atoms with van der Waals surface area (Å²) in [7, 11) is 1.39. The number of esters is 1. The molecule has 0 aliphatic rings. The minimum absolute atomic E-state index is 0.120. The molecule has 0 atom stereocenters. The Bertz CT molecular complexity index is 431. The highest BCUT2D eigenvalue weighted by Crippen LogP contribution is 2.11. The summed E-state index contributed by atoms with van der Waals surface area (Å²) in [4.78, 5) is 21.5. The van der Waals surface area contributed by atoms with Crippen LogP contribution in [0.3, 0.4) is 0 Å². The van der Waals surface area contributed by atoms with Crippen molar-refractivity contribution in [1.29, 1.82) is 0 Å². The molecule has 1 aromatic rings. The van der Waals surface area contributed by atoms with Gasteiger partial charge in [0.1, 0.15) is 5.75 Å². The van der Waals surface area contributed by atoms with Crippen LogP contribution in [0.25, 0.3) is 0 Å². The van der Waals surface area contributed by atoms with Crippen LogP contribution in [0.15, 0.2) is 24.3 Å². The molecular weight excluding hydrogens is 260 g/mol. The van der Waals surface area contributed by atoms with E-state index in [1.54, 1.807) is 12.1 Å². The maximum Gasteiger partial charge on any atom is 0.305 e. The van der Waals surface area contributed by atoms with Crippen molar-refractivity contribution in [2.45, 2.75) is 19.4 Å². The third-order valence-corrected chi connectivity index (χ3v) is 2.60. The number of carbonyl (C=O) groups excluding carboxylic acids is 2. The van der Waals surface area contributed by atoms with Crippen LogP contribution in [0.4, 0.5) is 0 Å². The zero-order chi connectivity index (χ0) is 14.8. The van der Waals surface area contributed by atoms with E-state index in [4.69, 9.17) is 10.5 Å². The van der Waals surface area contributed by atoms with Gasteiger partial charge in [0.2, 0.25) is 0 Å². The number of amides is 1. The minimum Gasteiger partial charge on any atom is -0.484 e. The summed E-state index contributed by atoms with van der Waals surface area (Å²) in [5, 5.41) is 3.23. The van der Waals surface area contributed by atoms with Crippen LogP contribution in [-0.4, -0.2) is 32.1 Å². The van der Waals surface area contributed by atoms with Crippen molar-refractivity contribution < 1.29 is 19.1 Å². The number of nitrogens with one attached hydrogen (secondary N) is 1. The predicted octanol–water partition coefficient (Wildman–Crippen LogP) is 0.593. The lowest BCUT2D eigenvalue weighted by atomic mass is 10.2. The fraction of sp³-hybridized carbons (Fsp3) is 0.429. The molecule has 3 N–H and O–H groups in total. The predicted molar refractivity (Wildman–Crippen MR) is 74.1 cm³/mol. The number of hydrogen-bond acceptors (Lipinski definition) is 5. The second kappa shape index (κ2) is 8.92. The molecule has 1 amide bonds. The van der Waals surface area contributed by atoms with Gasteiger partial charge in [0.25, 0.3) is 5.91 Å². The quantitative estimate of drug-likeness (QED) is 0.510. The monoisotopic (exact) mass is 280 g/mol. The summed E-state index contributed by atoms with van der Waals surface area (Å²) in [5.41, 5.74) is 6.08. The molecule has 0 aliphatic heterocycles. The molecule has 20 heavy (non-hydrogen) atoms. The number of primary amides is 1. The zero-order valence-electron chi connectivity index (χ0n) is 11.6. The second-order valence-corrected chi connectivity index (χ2v) is 4.26. The molecular formula is C14H20N2O4. The van der Waals surface area contributed by atoms with Crippen molar-refractivity contribution in [3.8, 4) is 5.75 Å². The van der Waals surface area contributed by atoms with Crippen LogP contribution in [0.2, 0.25) is 0 Å². The van der Waals surface area contributed by atoms with E-state index in [1.807, 2.05) is 12.1 Å².